The summed E-state index contributed by atoms with van der Waals surface area (Å²) in [6, 6.07) is 15.5. The number of imidazole rings is 1. The number of benzene rings is 2. The number of halogens is 1. The maximum Gasteiger partial charge on any atom is 0.230 e. The van der Waals surface area contributed by atoms with E-state index in [4.69, 9.17) is 4.98 Å². The van der Waals surface area contributed by atoms with Crippen LogP contribution >= 0.6 is 11.3 Å². The molecule has 5 rings (SSSR count). The Morgan fingerprint density at radius 3 is 2.67 bits per heavy atom. The average molecular weight is 462 g/mol. The fraction of sp³-hybridized carbons (Fsp3) is 0.167. The molecule has 166 valence electrons. The van der Waals surface area contributed by atoms with Crippen molar-refractivity contribution >= 4 is 34.7 Å². The number of thiazole rings is 1. The Bertz CT molecular complexity index is 1320. The van der Waals surface area contributed by atoms with Gasteiger partial charge in [0.2, 0.25) is 11.8 Å². The SMILES string of the molecule is Cc1ncc(NC(=O)C2CC(=O)N(c3ccc(F)cc3)C2)n1-c1nc(-c2ccccc2)cs1. The number of hydrogen-bond acceptors (Lipinski definition) is 5. The lowest BCUT2D eigenvalue weighted by Gasteiger charge is -2.16. The third-order valence-corrected chi connectivity index (χ3v) is 6.40. The molecule has 1 aliphatic heterocycles. The first-order chi connectivity index (χ1) is 16.0. The van der Waals surface area contributed by atoms with Crippen molar-refractivity contribution in [1.29, 1.82) is 0 Å². The number of carbonyl (C=O) groups is 2. The lowest BCUT2D eigenvalue weighted by Crippen LogP contribution is -2.28. The van der Waals surface area contributed by atoms with Crippen molar-refractivity contribution in [3.8, 4) is 16.4 Å². The number of rotatable bonds is 5. The van der Waals surface area contributed by atoms with Gasteiger partial charge in [-0.05, 0) is 31.2 Å². The van der Waals surface area contributed by atoms with Crippen LogP contribution in [0.3, 0.4) is 0 Å². The fourth-order valence-electron chi connectivity index (χ4n) is 3.86. The van der Waals surface area contributed by atoms with Crippen LogP contribution in [-0.4, -0.2) is 32.9 Å². The van der Waals surface area contributed by atoms with Crippen LogP contribution in [0.15, 0.2) is 66.2 Å². The van der Waals surface area contributed by atoms with Gasteiger partial charge in [-0.3, -0.25) is 14.2 Å². The monoisotopic (exact) mass is 461 g/mol. The van der Waals surface area contributed by atoms with Gasteiger partial charge in [-0.1, -0.05) is 30.3 Å². The van der Waals surface area contributed by atoms with Crippen molar-refractivity contribution in [1.82, 2.24) is 14.5 Å². The number of nitrogens with one attached hydrogen (secondary N) is 1. The zero-order valence-corrected chi connectivity index (χ0v) is 18.6. The van der Waals surface area contributed by atoms with Crippen molar-refractivity contribution in [2.45, 2.75) is 13.3 Å². The molecule has 4 aromatic rings. The van der Waals surface area contributed by atoms with Gasteiger partial charge in [0, 0.05) is 29.6 Å². The maximum atomic E-state index is 13.2. The maximum absolute atomic E-state index is 13.2. The third kappa shape index (κ3) is 4.14. The highest BCUT2D eigenvalue weighted by Crippen LogP contribution is 2.29. The summed E-state index contributed by atoms with van der Waals surface area (Å²) in [6.45, 7) is 2.08. The van der Waals surface area contributed by atoms with Gasteiger partial charge in [0.15, 0.2) is 5.13 Å². The number of hydrogen-bond donors (Lipinski definition) is 1. The van der Waals surface area contributed by atoms with E-state index in [0.29, 0.717) is 22.5 Å². The van der Waals surface area contributed by atoms with E-state index >= 15 is 0 Å². The first-order valence-electron chi connectivity index (χ1n) is 10.4. The summed E-state index contributed by atoms with van der Waals surface area (Å²) in [5.74, 6) is -0.148. The second-order valence-corrected chi connectivity index (χ2v) is 8.62. The van der Waals surface area contributed by atoms with E-state index in [1.807, 2.05) is 42.6 Å². The standard InChI is InChI=1S/C24H20FN5O2S/c1-15-26-12-21(30(15)24-27-20(14-33-24)16-5-3-2-4-6-16)28-23(32)17-11-22(31)29(13-17)19-9-7-18(25)8-10-19/h2-10,12,14,17H,11,13H2,1H3,(H,28,32). The molecule has 9 heteroatoms. The molecule has 1 N–H and O–H groups in total. The van der Waals surface area contributed by atoms with Gasteiger partial charge in [-0.25, -0.2) is 14.4 Å². The van der Waals surface area contributed by atoms with E-state index in [2.05, 4.69) is 10.3 Å². The minimum Gasteiger partial charge on any atom is -0.312 e. The van der Waals surface area contributed by atoms with Crippen LogP contribution in [0, 0.1) is 18.7 Å². The van der Waals surface area contributed by atoms with E-state index in [-0.39, 0.29) is 30.6 Å². The predicted octanol–water partition coefficient (Wildman–Crippen LogP) is 4.43. The van der Waals surface area contributed by atoms with Crippen molar-refractivity contribution < 1.29 is 14.0 Å². The first-order valence-corrected chi connectivity index (χ1v) is 11.3. The summed E-state index contributed by atoms with van der Waals surface area (Å²) in [6.07, 6.45) is 1.68. The molecule has 0 saturated carbocycles. The molecule has 1 aliphatic rings. The van der Waals surface area contributed by atoms with E-state index in [9.17, 15) is 14.0 Å². The molecule has 1 saturated heterocycles. The van der Waals surface area contributed by atoms with Crippen molar-refractivity contribution in [2.24, 2.45) is 5.92 Å². The normalized spacial score (nSPS) is 15.8. The minimum absolute atomic E-state index is 0.0890. The molecule has 2 amide bonds. The van der Waals surface area contributed by atoms with Gasteiger partial charge in [0.25, 0.3) is 0 Å². The van der Waals surface area contributed by atoms with Crippen LogP contribution in [0.1, 0.15) is 12.2 Å². The molecule has 0 spiro atoms. The first kappa shape index (κ1) is 21.0. The molecule has 0 aliphatic carbocycles. The molecule has 2 aromatic heterocycles. The molecule has 0 bridgehead atoms. The van der Waals surface area contributed by atoms with Crippen LogP contribution in [0.4, 0.5) is 15.9 Å². The lowest BCUT2D eigenvalue weighted by atomic mass is 10.1. The van der Waals surface area contributed by atoms with E-state index < -0.39 is 5.92 Å². The topological polar surface area (TPSA) is 80.1 Å². The molecule has 1 fully saturated rings. The van der Waals surface area contributed by atoms with Crippen LogP contribution in [0.25, 0.3) is 16.4 Å². The second-order valence-electron chi connectivity index (χ2n) is 7.78. The molecule has 3 heterocycles. The van der Waals surface area contributed by atoms with Crippen molar-refractivity contribution in [3.05, 3.63) is 77.8 Å². The highest BCUT2D eigenvalue weighted by molar-refractivity contribution is 7.12. The summed E-state index contributed by atoms with van der Waals surface area (Å²) in [7, 11) is 0. The molecule has 33 heavy (non-hydrogen) atoms. The molecule has 2 aromatic carbocycles. The highest BCUT2D eigenvalue weighted by Gasteiger charge is 2.35. The van der Waals surface area contributed by atoms with E-state index in [1.165, 1.54) is 28.4 Å². The minimum atomic E-state index is -0.526. The van der Waals surface area contributed by atoms with Gasteiger partial charge in [0.05, 0.1) is 17.8 Å². The quantitative estimate of drug-likeness (QED) is 0.477. The summed E-state index contributed by atoms with van der Waals surface area (Å²) in [4.78, 5) is 36.1. The Labute approximate surface area is 193 Å². The Balaban J connectivity index is 1.34. The number of aryl methyl sites for hydroxylation is 1. The molecule has 0 radical (unpaired) electrons. The Kier molecular flexibility index (Phi) is 5.47. The zero-order valence-electron chi connectivity index (χ0n) is 17.7. The summed E-state index contributed by atoms with van der Waals surface area (Å²) in [5, 5.41) is 5.57. The van der Waals surface area contributed by atoms with Crippen molar-refractivity contribution in [2.75, 3.05) is 16.8 Å². The van der Waals surface area contributed by atoms with Crippen LogP contribution in [-0.2, 0) is 9.59 Å². The van der Waals surface area contributed by atoms with E-state index in [1.54, 1.807) is 22.9 Å². The van der Waals surface area contributed by atoms with E-state index in [0.717, 1.165) is 11.3 Å². The summed E-state index contributed by atoms with van der Waals surface area (Å²) < 4.78 is 15.0. The number of anilines is 2. The second kappa shape index (κ2) is 8.59. The summed E-state index contributed by atoms with van der Waals surface area (Å²) >= 11 is 1.46. The van der Waals surface area contributed by atoms with Gasteiger partial charge >= 0.3 is 0 Å². The Morgan fingerprint density at radius 1 is 1.15 bits per heavy atom. The van der Waals surface area contributed by atoms with Crippen LogP contribution in [0.5, 0.6) is 0 Å². The van der Waals surface area contributed by atoms with Crippen LogP contribution < -0.4 is 10.2 Å². The third-order valence-electron chi connectivity index (χ3n) is 5.58. The van der Waals surface area contributed by atoms with Crippen LogP contribution in [0.2, 0.25) is 0 Å². The van der Waals surface area contributed by atoms with Gasteiger partial charge in [0.1, 0.15) is 17.5 Å². The smallest absolute Gasteiger partial charge is 0.230 e. The summed E-state index contributed by atoms with van der Waals surface area (Å²) in [5.41, 5.74) is 2.43. The molecular formula is C24H20FN5O2S. The predicted molar refractivity (Wildman–Crippen MR) is 125 cm³/mol. The highest BCUT2D eigenvalue weighted by atomic mass is 32.1. The van der Waals surface area contributed by atoms with Gasteiger partial charge in [-0.15, -0.1) is 11.3 Å². The number of aromatic nitrogens is 3. The lowest BCUT2D eigenvalue weighted by molar-refractivity contribution is -0.122. The molecular weight excluding hydrogens is 441 g/mol. The molecule has 1 unspecified atom stereocenters. The molecule has 1 atom stereocenters. The zero-order chi connectivity index (χ0) is 22.9. The Hall–Kier alpha value is -3.85. The van der Waals surface area contributed by atoms with Gasteiger partial charge < -0.3 is 10.2 Å². The number of nitrogens with zero attached hydrogens (tertiary/aromatic N) is 4. The fourth-order valence-corrected chi connectivity index (χ4v) is 4.76. The number of carbonyl (C=O) groups excluding carboxylic acids is 2. The largest absolute Gasteiger partial charge is 0.312 e. The van der Waals surface area contributed by atoms with Gasteiger partial charge in [-0.2, -0.15) is 0 Å². The number of amides is 2. The van der Waals surface area contributed by atoms with Crippen molar-refractivity contribution in [3.63, 3.8) is 0 Å². The average Bonchev–Trinajstić information content (AvgIpc) is 3.54. The Morgan fingerprint density at radius 2 is 1.91 bits per heavy atom. The molecule has 7 nitrogen and oxygen atoms in total.